The molecule has 0 radical (unpaired) electrons. The van der Waals surface area contributed by atoms with Gasteiger partial charge < -0.3 is 0 Å². The van der Waals surface area contributed by atoms with Gasteiger partial charge in [0.1, 0.15) is 0 Å². The van der Waals surface area contributed by atoms with E-state index < -0.39 is 0 Å². The van der Waals surface area contributed by atoms with Crippen molar-refractivity contribution in [2.75, 3.05) is 0 Å². The molecule has 3 nitrogen and oxygen atoms in total. The van der Waals surface area contributed by atoms with Crippen molar-refractivity contribution in [3.05, 3.63) is 41.7 Å². The number of aromatic nitrogens is 3. The third kappa shape index (κ3) is 2.61. The van der Waals surface area contributed by atoms with E-state index in [9.17, 15) is 0 Å². The molecule has 0 aliphatic rings. The van der Waals surface area contributed by atoms with Gasteiger partial charge in [-0.3, -0.25) is 0 Å². The molecule has 3 heteroatoms. The van der Waals surface area contributed by atoms with Gasteiger partial charge >= 0.3 is 0 Å². The molecule has 0 aliphatic carbocycles. The van der Waals surface area contributed by atoms with Crippen LogP contribution in [0.15, 0.2) is 30.5 Å². The molecule has 18 heavy (non-hydrogen) atoms. The van der Waals surface area contributed by atoms with Gasteiger partial charge in [-0.2, -0.15) is 0 Å². The van der Waals surface area contributed by atoms with Gasteiger partial charge in [-0.05, 0) is 36.0 Å². The summed E-state index contributed by atoms with van der Waals surface area (Å²) in [6.45, 7) is 8.72. The number of benzene rings is 1. The smallest absolute Gasteiger partial charge is 0.0857 e. The number of nitrogens with zero attached hydrogens (tertiary/aromatic N) is 3. The predicted octanol–water partition coefficient (Wildman–Crippen LogP) is 3.90. The molecule has 1 atom stereocenters. The number of hydrogen-bond acceptors (Lipinski definition) is 2. The zero-order valence-corrected chi connectivity index (χ0v) is 11.6. The summed E-state index contributed by atoms with van der Waals surface area (Å²) < 4.78 is 1.86. The van der Waals surface area contributed by atoms with E-state index in [2.05, 4.69) is 62.3 Å². The van der Waals surface area contributed by atoms with Crippen LogP contribution in [-0.4, -0.2) is 15.0 Å². The molecule has 1 aromatic heterocycles. The minimum Gasteiger partial charge on any atom is -0.220 e. The summed E-state index contributed by atoms with van der Waals surface area (Å²) in [5.41, 5.74) is 3.48. The first-order valence-electron chi connectivity index (χ1n) is 6.64. The quantitative estimate of drug-likeness (QED) is 0.815. The van der Waals surface area contributed by atoms with Crippen LogP contribution in [0.5, 0.6) is 0 Å². The van der Waals surface area contributed by atoms with Crippen LogP contribution in [0.3, 0.4) is 0 Å². The van der Waals surface area contributed by atoms with Gasteiger partial charge in [0.15, 0.2) is 0 Å². The number of rotatable bonds is 4. The summed E-state index contributed by atoms with van der Waals surface area (Å²) in [5.74, 6) is 0.995. The van der Waals surface area contributed by atoms with Crippen molar-refractivity contribution in [2.24, 2.45) is 0 Å². The van der Waals surface area contributed by atoms with Crippen molar-refractivity contribution in [3.63, 3.8) is 0 Å². The molecular weight excluding hydrogens is 222 g/mol. The summed E-state index contributed by atoms with van der Waals surface area (Å²) in [6, 6.07) is 8.54. The second kappa shape index (κ2) is 5.34. The van der Waals surface area contributed by atoms with E-state index in [1.165, 1.54) is 5.56 Å². The molecule has 0 aliphatic heterocycles. The second-order valence-electron chi connectivity index (χ2n) is 5.15. The highest BCUT2D eigenvalue weighted by Gasteiger charge is 2.08. The van der Waals surface area contributed by atoms with Gasteiger partial charge in [-0.1, -0.05) is 45.0 Å². The molecule has 1 heterocycles. The fraction of sp³-hybridized carbons (Fsp3) is 0.467. The van der Waals surface area contributed by atoms with Crippen molar-refractivity contribution in [3.8, 4) is 5.69 Å². The van der Waals surface area contributed by atoms with Crippen molar-refractivity contribution < 1.29 is 0 Å². The van der Waals surface area contributed by atoms with Crippen LogP contribution >= 0.6 is 0 Å². The first-order chi connectivity index (χ1) is 8.61. The van der Waals surface area contributed by atoms with E-state index in [0.717, 1.165) is 17.8 Å². The minimum atomic E-state index is 0.413. The normalized spacial score (nSPS) is 12.9. The monoisotopic (exact) mass is 243 g/mol. The largest absolute Gasteiger partial charge is 0.220 e. The van der Waals surface area contributed by atoms with Crippen molar-refractivity contribution in [1.82, 2.24) is 15.0 Å². The Bertz CT molecular complexity index is 514. The molecule has 0 bridgehead atoms. The average molecular weight is 243 g/mol. The number of hydrogen-bond donors (Lipinski definition) is 0. The van der Waals surface area contributed by atoms with E-state index in [1.54, 1.807) is 0 Å². The molecule has 2 rings (SSSR count). The molecule has 0 fully saturated rings. The zero-order chi connectivity index (χ0) is 13.1. The van der Waals surface area contributed by atoms with Gasteiger partial charge in [0.2, 0.25) is 0 Å². The van der Waals surface area contributed by atoms with Gasteiger partial charge in [-0.25, -0.2) is 4.68 Å². The van der Waals surface area contributed by atoms with Crippen LogP contribution in [0.2, 0.25) is 0 Å². The van der Waals surface area contributed by atoms with Crippen LogP contribution in [0.1, 0.15) is 57.2 Å². The Morgan fingerprint density at radius 1 is 1.22 bits per heavy atom. The van der Waals surface area contributed by atoms with Crippen LogP contribution in [0.4, 0.5) is 0 Å². The van der Waals surface area contributed by atoms with Crippen molar-refractivity contribution >= 4 is 0 Å². The molecule has 0 saturated carbocycles. The highest BCUT2D eigenvalue weighted by molar-refractivity contribution is 5.36. The van der Waals surface area contributed by atoms with Crippen LogP contribution in [0, 0.1) is 0 Å². The lowest BCUT2D eigenvalue weighted by Gasteiger charge is -2.10. The summed E-state index contributed by atoms with van der Waals surface area (Å²) in [7, 11) is 0. The topological polar surface area (TPSA) is 30.7 Å². The first kappa shape index (κ1) is 12.8. The first-order valence-corrected chi connectivity index (χ1v) is 6.64. The molecule has 0 saturated heterocycles. The standard InChI is InChI=1S/C15H21N3/c1-5-12(4)13-7-6-8-14(9-13)18-10-15(11(2)3)16-17-18/h6-12H,5H2,1-4H3. The molecule has 0 spiro atoms. The van der Waals surface area contributed by atoms with Crippen LogP contribution in [-0.2, 0) is 0 Å². The summed E-state index contributed by atoms with van der Waals surface area (Å²) in [5, 5.41) is 8.40. The second-order valence-corrected chi connectivity index (χ2v) is 5.15. The molecule has 1 aromatic carbocycles. The van der Waals surface area contributed by atoms with Crippen LogP contribution < -0.4 is 0 Å². The maximum atomic E-state index is 4.20. The molecule has 2 aromatic rings. The third-order valence-corrected chi connectivity index (χ3v) is 3.42. The van der Waals surface area contributed by atoms with Crippen molar-refractivity contribution in [1.29, 1.82) is 0 Å². The van der Waals surface area contributed by atoms with E-state index in [1.807, 2.05) is 10.9 Å². The van der Waals surface area contributed by atoms with E-state index in [-0.39, 0.29) is 0 Å². The predicted molar refractivity (Wildman–Crippen MR) is 74.2 cm³/mol. The Labute approximate surface area is 109 Å². The summed E-state index contributed by atoms with van der Waals surface area (Å²) in [4.78, 5) is 0. The third-order valence-electron chi connectivity index (χ3n) is 3.42. The lowest BCUT2D eigenvalue weighted by atomic mass is 9.98. The highest BCUT2D eigenvalue weighted by Crippen LogP contribution is 2.21. The molecule has 1 unspecified atom stereocenters. The fourth-order valence-electron chi connectivity index (χ4n) is 1.88. The SMILES string of the molecule is CCC(C)c1cccc(-n2cc(C(C)C)nn2)c1. The maximum absolute atomic E-state index is 4.20. The van der Waals surface area contributed by atoms with Crippen LogP contribution in [0.25, 0.3) is 5.69 Å². The Hall–Kier alpha value is -1.64. The Balaban J connectivity index is 2.32. The Morgan fingerprint density at radius 2 is 2.00 bits per heavy atom. The van der Waals surface area contributed by atoms with Gasteiger partial charge in [0.05, 0.1) is 17.6 Å². The zero-order valence-electron chi connectivity index (χ0n) is 11.6. The van der Waals surface area contributed by atoms with E-state index in [4.69, 9.17) is 0 Å². The molecular formula is C15H21N3. The van der Waals surface area contributed by atoms with Gasteiger partial charge in [-0.15, -0.1) is 5.10 Å². The van der Waals surface area contributed by atoms with Crippen molar-refractivity contribution in [2.45, 2.75) is 46.0 Å². The maximum Gasteiger partial charge on any atom is 0.0857 e. The average Bonchev–Trinajstić information content (AvgIpc) is 2.88. The highest BCUT2D eigenvalue weighted by atomic mass is 15.4. The minimum absolute atomic E-state index is 0.413. The molecule has 96 valence electrons. The summed E-state index contributed by atoms with van der Waals surface area (Å²) in [6.07, 6.45) is 3.17. The Kier molecular flexibility index (Phi) is 3.80. The lowest BCUT2D eigenvalue weighted by Crippen LogP contribution is -1.98. The molecule has 0 N–H and O–H groups in total. The van der Waals surface area contributed by atoms with E-state index in [0.29, 0.717) is 11.8 Å². The summed E-state index contributed by atoms with van der Waals surface area (Å²) >= 11 is 0. The van der Waals surface area contributed by atoms with Gasteiger partial charge in [0.25, 0.3) is 0 Å². The lowest BCUT2D eigenvalue weighted by molar-refractivity contribution is 0.728. The molecule has 0 amide bonds. The fourth-order valence-corrected chi connectivity index (χ4v) is 1.88. The Morgan fingerprint density at radius 3 is 2.61 bits per heavy atom. The van der Waals surface area contributed by atoms with Gasteiger partial charge in [0, 0.05) is 0 Å². The van der Waals surface area contributed by atoms with E-state index >= 15 is 0 Å².